The lowest BCUT2D eigenvalue weighted by Gasteiger charge is -2.20. The summed E-state index contributed by atoms with van der Waals surface area (Å²) in [6.07, 6.45) is 7.82. The SMILES string of the molecule is CCOC(=O)CCCCCCN(c1ccccn1)c1ncns1. The zero-order valence-electron chi connectivity index (χ0n) is 13.4. The topological polar surface area (TPSA) is 68.2 Å². The maximum Gasteiger partial charge on any atom is 0.305 e. The molecule has 0 saturated carbocycles. The summed E-state index contributed by atoms with van der Waals surface area (Å²) in [7, 11) is 0. The Balaban J connectivity index is 1.76. The van der Waals surface area contributed by atoms with Gasteiger partial charge in [0.1, 0.15) is 12.1 Å². The van der Waals surface area contributed by atoms with Crippen molar-refractivity contribution in [1.29, 1.82) is 0 Å². The van der Waals surface area contributed by atoms with Gasteiger partial charge in [-0.3, -0.25) is 4.79 Å². The van der Waals surface area contributed by atoms with Crippen molar-refractivity contribution < 1.29 is 9.53 Å². The molecule has 0 atom stereocenters. The van der Waals surface area contributed by atoms with Crippen LogP contribution in [0.5, 0.6) is 0 Å². The number of anilines is 2. The number of carbonyl (C=O) groups excluding carboxylic acids is 1. The lowest BCUT2D eigenvalue weighted by Crippen LogP contribution is -2.19. The number of esters is 1. The minimum Gasteiger partial charge on any atom is -0.466 e. The second kappa shape index (κ2) is 9.89. The molecule has 0 aliphatic rings. The van der Waals surface area contributed by atoms with Crippen LogP contribution in [0.25, 0.3) is 0 Å². The summed E-state index contributed by atoms with van der Waals surface area (Å²) in [6.45, 7) is 3.13. The lowest BCUT2D eigenvalue weighted by molar-refractivity contribution is -0.143. The third-order valence-electron chi connectivity index (χ3n) is 3.32. The molecule has 0 saturated heterocycles. The molecule has 124 valence electrons. The molecular weight excluding hydrogens is 312 g/mol. The fourth-order valence-corrected chi connectivity index (χ4v) is 2.80. The van der Waals surface area contributed by atoms with Crippen LogP contribution in [0, 0.1) is 0 Å². The van der Waals surface area contributed by atoms with Crippen LogP contribution in [-0.2, 0) is 9.53 Å². The van der Waals surface area contributed by atoms with Crippen LogP contribution in [0.2, 0.25) is 0 Å². The summed E-state index contributed by atoms with van der Waals surface area (Å²) in [6, 6.07) is 5.84. The highest BCUT2D eigenvalue weighted by Crippen LogP contribution is 2.24. The summed E-state index contributed by atoms with van der Waals surface area (Å²) < 4.78 is 9.00. The van der Waals surface area contributed by atoms with E-state index in [-0.39, 0.29) is 5.97 Å². The zero-order chi connectivity index (χ0) is 16.3. The highest BCUT2D eigenvalue weighted by atomic mass is 32.1. The quantitative estimate of drug-likeness (QED) is 0.488. The molecule has 0 aliphatic carbocycles. The van der Waals surface area contributed by atoms with E-state index in [1.807, 2.05) is 25.1 Å². The zero-order valence-corrected chi connectivity index (χ0v) is 14.2. The van der Waals surface area contributed by atoms with E-state index in [1.54, 1.807) is 12.5 Å². The Labute approximate surface area is 140 Å². The first-order chi connectivity index (χ1) is 11.3. The van der Waals surface area contributed by atoms with E-state index in [2.05, 4.69) is 19.2 Å². The molecule has 6 nitrogen and oxygen atoms in total. The monoisotopic (exact) mass is 334 g/mol. The summed E-state index contributed by atoms with van der Waals surface area (Å²) in [5.41, 5.74) is 0. The van der Waals surface area contributed by atoms with Crippen LogP contribution in [-0.4, -0.2) is 33.5 Å². The van der Waals surface area contributed by atoms with Gasteiger partial charge in [-0.25, -0.2) is 9.97 Å². The van der Waals surface area contributed by atoms with Crippen LogP contribution in [0.15, 0.2) is 30.7 Å². The average Bonchev–Trinajstić information content (AvgIpc) is 3.09. The van der Waals surface area contributed by atoms with Crippen molar-refractivity contribution in [3.05, 3.63) is 30.7 Å². The van der Waals surface area contributed by atoms with Gasteiger partial charge in [0.05, 0.1) is 6.61 Å². The van der Waals surface area contributed by atoms with Gasteiger partial charge in [0.15, 0.2) is 0 Å². The van der Waals surface area contributed by atoms with Gasteiger partial charge in [0.2, 0.25) is 5.13 Å². The van der Waals surface area contributed by atoms with E-state index in [0.717, 1.165) is 43.2 Å². The highest BCUT2D eigenvalue weighted by molar-refractivity contribution is 7.09. The number of ether oxygens (including phenoxy) is 1. The number of hydrogen-bond donors (Lipinski definition) is 0. The second-order valence-electron chi connectivity index (χ2n) is 5.03. The molecule has 0 aliphatic heterocycles. The predicted molar refractivity (Wildman–Crippen MR) is 90.9 cm³/mol. The number of aromatic nitrogens is 3. The molecule has 2 aromatic rings. The minimum absolute atomic E-state index is 0.100. The van der Waals surface area contributed by atoms with E-state index >= 15 is 0 Å². The third kappa shape index (κ3) is 5.94. The van der Waals surface area contributed by atoms with Gasteiger partial charge in [-0.05, 0) is 31.9 Å². The van der Waals surface area contributed by atoms with Crippen molar-refractivity contribution in [2.75, 3.05) is 18.1 Å². The summed E-state index contributed by atoms with van der Waals surface area (Å²) >= 11 is 1.37. The molecule has 0 fully saturated rings. The van der Waals surface area contributed by atoms with Crippen molar-refractivity contribution in [1.82, 2.24) is 14.3 Å². The molecule has 0 N–H and O–H groups in total. The highest BCUT2D eigenvalue weighted by Gasteiger charge is 2.13. The minimum atomic E-state index is -0.100. The number of rotatable bonds is 10. The summed E-state index contributed by atoms with van der Waals surface area (Å²) in [5, 5.41) is 0.857. The van der Waals surface area contributed by atoms with Gasteiger partial charge < -0.3 is 9.64 Å². The lowest BCUT2D eigenvalue weighted by atomic mass is 10.1. The Bertz CT molecular complexity index is 563. The predicted octanol–water partition coefficient (Wildman–Crippen LogP) is 3.58. The van der Waals surface area contributed by atoms with Gasteiger partial charge in [-0.1, -0.05) is 18.9 Å². The Morgan fingerprint density at radius 2 is 2.09 bits per heavy atom. The van der Waals surface area contributed by atoms with Gasteiger partial charge >= 0.3 is 5.97 Å². The van der Waals surface area contributed by atoms with E-state index in [9.17, 15) is 4.79 Å². The van der Waals surface area contributed by atoms with Crippen molar-refractivity contribution in [2.45, 2.75) is 39.0 Å². The van der Waals surface area contributed by atoms with Crippen molar-refractivity contribution in [3.8, 4) is 0 Å². The van der Waals surface area contributed by atoms with Crippen LogP contribution in [0.1, 0.15) is 39.0 Å². The van der Waals surface area contributed by atoms with Gasteiger partial charge in [-0.2, -0.15) is 4.37 Å². The van der Waals surface area contributed by atoms with Crippen LogP contribution in [0.3, 0.4) is 0 Å². The molecular formula is C16H22N4O2S. The van der Waals surface area contributed by atoms with Crippen LogP contribution < -0.4 is 4.90 Å². The van der Waals surface area contributed by atoms with E-state index in [4.69, 9.17) is 4.74 Å². The number of carbonyl (C=O) groups is 1. The molecule has 0 spiro atoms. The largest absolute Gasteiger partial charge is 0.466 e. The van der Waals surface area contributed by atoms with Crippen molar-refractivity contribution in [2.24, 2.45) is 0 Å². The molecule has 0 amide bonds. The van der Waals surface area contributed by atoms with Crippen molar-refractivity contribution >= 4 is 28.5 Å². The molecule has 2 heterocycles. The molecule has 2 rings (SSSR count). The molecule has 0 aromatic carbocycles. The Kier molecular flexibility index (Phi) is 7.45. The maximum atomic E-state index is 11.3. The first kappa shape index (κ1) is 17.3. The Morgan fingerprint density at radius 1 is 1.22 bits per heavy atom. The normalized spacial score (nSPS) is 10.5. The smallest absolute Gasteiger partial charge is 0.305 e. The van der Waals surface area contributed by atoms with E-state index in [1.165, 1.54) is 11.5 Å². The number of pyridine rings is 1. The molecule has 0 unspecified atom stereocenters. The average molecular weight is 334 g/mol. The standard InChI is InChI=1S/C16H22N4O2S/c1-2-22-15(21)10-5-3-4-8-12-20(16-18-13-19-23-16)14-9-6-7-11-17-14/h6-7,9,11,13H,2-5,8,10,12H2,1H3. The maximum absolute atomic E-state index is 11.3. The molecule has 7 heteroatoms. The summed E-state index contributed by atoms with van der Waals surface area (Å²) in [5.74, 6) is 0.784. The third-order valence-corrected chi connectivity index (χ3v) is 4.01. The first-order valence-corrected chi connectivity index (χ1v) is 8.69. The Hall–Kier alpha value is -2.02. The van der Waals surface area contributed by atoms with Crippen LogP contribution in [0.4, 0.5) is 10.9 Å². The molecule has 0 bridgehead atoms. The van der Waals surface area contributed by atoms with Gasteiger partial charge in [-0.15, -0.1) is 0 Å². The molecule has 23 heavy (non-hydrogen) atoms. The number of unbranched alkanes of at least 4 members (excludes halogenated alkanes) is 3. The van der Waals surface area contributed by atoms with Crippen molar-refractivity contribution in [3.63, 3.8) is 0 Å². The van der Waals surface area contributed by atoms with Crippen LogP contribution >= 0.6 is 11.5 Å². The fraction of sp³-hybridized carbons (Fsp3) is 0.500. The first-order valence-electron chi connectivity index (χ1n) is 7.92. The van der Waals surface area contributed by atoms with E-state index in [0.29, 0.717) is 13.0 Å². The van der Waals surface area contributed by atoms with Gasteiger partial charge in [0, 0.05) is 30.7 Å². The molecule has 0 radical (unpaired) electrons. The summed E-state index contributed by atoms with van der Waals surface area (Å²) in [4.78, 5) is 22.0. The Morgan fingerprint density at radius 3 is 2.78 bits per heavy atom. The van der Waals surface area contributed by atoms with E-state index < -0.39 is 0 Å². The second-order valence-corrected chi connectivity index (χ2v) is 5.79. The fourth-order valence-electron chi connectivity index (χ4n) is 2.23. The van der Waals surface area contributed by atoms with Gasteiger partial charge in [0.25, 0.3) is 0 Å². The number of nitrogens with zero attached hydrogens (tertiary/aromatic N) is 4. The molecule has 2 aromatic heterocycles. The number of hydrogen-bond acceptors (Lipinski definition) is 7.